The van der Waals surface area contributed by atoms with Gasteiger partial charge in [0.2, 0.25) is 0 Å². The van der Waals surface area contributed by atoms with Crippen molar-refractivity contribution in [1.29, 1.82) is 0 Å². The standard InChI is InChI=1S/C27H32N2O5S/c1-5-19(4)34-25(30)17-29-26(31)24(35-27(29)32)15-21-13-14-22(28(6-2)7-3)16-23(21)33-18-20-11-9-8-10-12-20/h8-16,19H,5-7,17-18H2,1-4H3/b24-15+/t19-/m1/s1. The summed E-state index contributed by atoms with van der Waals surface area (Å²) in [5.74, 6) is -0.498. The van der Waals surface area contributed by atoms with Crippen molar-refractivity contribution in [3.63, 3.8) is 0 Å². The van der Waals surface area contributed by atoms with Crippen LogP contribution in [0.1, 0.15) is 45.2 Å². The quantitative estimate of drug-likeness (QED) is 0.301. The first-order valence-corrected chi connectivity index (χ1v) is 12.7. The molecule has 1 fully saturated rings. The van der Waals surface area contributed by atoms with Crippen molar-refractivity contribution in [3.8, 4) is 5.75 Å². The van der Waals surface area contributed by atoms with Gasteiger partial charge in [0.05, 0.1) is 11.0 Å². The van der Waals surface area contributed by atoms with E-state index in [1.807, 2.05) is 55.5 Å². The van der Waals surface area contributed by atoms with Crippen LogP contribution in [0.5, 0.6) is 5.75 Å². The van der Waals surface area contributed by atoms with Crippen molar-refractivity contribution in [2.75, 3.05) is 24.5 Å². The van der Waals surface area contributed by atoms with Gasteiger partial charge in [-0.25, -0.2) is 0 Å². The van der Waals surface area contributed by atoms with Gasteiger partial charge in [-0.1, -0.05) is 37.3 Å². The highest BCUT2D eigenvalue weighted by molar-refractivity contribution is 8.18. The van der Waals surface area contributed by atoms with E-state index >= 15 is 0 Å². The predicted octanol–water partition coefficient (Wildman–Crippen LogP) is 5.49. The van der Waals surface area contributed by atoms with Crippen LogP contribution in [0.3, 0.4) is 0 Å². The second-order valence-electron chi connectivity index (χ2n) is 8.15. The Bertz CT molecular complexity index is 1080. The number of carbonyl (C=O) groups is 3. The zero-order valence-electron chi connectivity index (χ0n) is 20.7. The van der Waals surface area contributed by atoms with Gasteiger partial charge in [-0.05, 0) is 62.7 Å². The molecule has 1 aliphatic heterocycles. The minimum Gasteiger partial charge on any atom is -0.488 e. The fourth-order valence-corrected chi connectivity index (χ4v) is 4.37. The van der Waals surface area contributed by atoms with E-state index < -0.39 is 23.7 Å². The molecule has 0 aliphatic carbocycles. The lowest BCUT2D eigenvalue weighted by molar-refractivity contribution is -0.150. The molecule has 0 unspecified atom stereocenters. The molecule has 0 bridgehead atoms. The van der Waals surface area contributed by atoms with Crippen molar-refractivity contribution in [2.24, 2.45) is 0 Å². The molecule has 0 N–H and O–H groups in total. The van der Waals surface area contributed by atoms with Crippen LogP contribution in [0.15, 0.2) is 53.4 Å². The lowest BCUT2D eigenvalue weighted by Gasteiger charge is -2.22. The molecule has 2 aromatic carbocycles. The first-order valence-electron chi connectivity index (χ1n) is 11.9. The summed E-state index contributed by atoms with van der Waals surface area (Å²) in [6.07, 6.45) is 2.03. The summed E-state index contributed by atoms with van der Waals surface area (Å²) in [4.78, 5) is 40.9. The molecule has 1 aliphatic rings. The number of hydrogen-bond acceptors (Lipinski definition) is 7. The van der Waals surface area contributed by atoms with Crippen LogP contribution in [0.2, 0.25) is 0 Å². The van der Waals surface area contributed by atoms with Gasteiger partial charge in [0.15, 0.2) is 0 Å². The van der Waals surface area contributed by atoms with Crippen molar-refractivity contribution < 1.29 is 23.9 Å². The van der Waals surface area contributed by atoms with Gasteiger partial charge in [0.1, 0.15) is 18.9 Å². The molecule has 7 nitrogen and oxygen atoms in total. The zero-order valence-corrected chi connectivity index (χ0v) is 21.5. The third-order valence-electron chi connectivity index (χ3n) is 5.72. The Labute approximate surface area is 211 Å². The van der Waals surface area contributed by atoms with Gasteiger partial charge in [-0.15, -0.1) is 0 Å². The van der Waals surface area contributed by atoms with E-state index in [1.165, 1.54) is 0 Å². The van der Waals surface area contributed by atoms with Crippen LogP contribution in [-0.4, -0.2) is 47.8 Å². The van der Waals surface area contributed by atoms with E-state index in [4.69, 9.17) is 9.47 Å². The summed E-state index contributed by atoms with van der Waals surface area (Å²) in [5.41, 5.74) is 2.72. The normalized spacial score (nSPS) is 15.4. The number of esters is 1. The molecule has 35 heavy (non-hydrogen) atoms. The molecule has 3 rings (SSSR count). The maximum absolute atomic E-state index is 12.9. The predicted molar refractivity (Wildman–Crippen MR) is 139 cm³/mol. The highest BCUT2D eigenvalue weighted by Gasteiger charge is 2.37. The highest BCUT2D eigenvalue weighted by atomic mass is 32.2. The number of anilines is 1. The van der Waals surface area contributed by atoms with Crippen LogP contribution < -0.4 is 9.64 Å². The van der Waals surface area contributed by atoms with E-state index in [1.54, 1.807) is 13.0 Å². The second kappa shape index (κ2) is 12.4. The van der Waals surface area contributed by atoms with Crippen molar-refractivity contribution in [1.82, 2.24) is 4.90 Å². The van der Waals surface area contributed by atoms with E-state index in [9.17, 15) is 14.4 Å². The van der Waals surface area contributed by atoms with Gasteiger partial charge in [-0.2, -0.15) is 0 Å². The van der Waals surface area contributed by atoms with E-state index in [0.717, 1.165) is 41.0 Å². The number of thioether (sulfide) groups is 1. The molecule has 1 heterocycles. The molecule has 2 amide bonds. The van der Waals surface area contributed by atoms with Gasteiger partial charge in [0.25, 0.3) is 11.1 Å². The number of imide groups is 1. The van der Waals surface area contributed by atoms with Crippen molar-refractivity contribution in [3.05, 3.63) is 64.6 Å². The van der Waals surface area contributed by atoms with Crippen LogP contribution in [0.25, 0.3) is 6.08 Å². The minimum absolute atomic E-state index is 0.242. The summed E-state index contributed by atoms with van der Waals surface area (Å²) in [5, 5.41) is -0.492. The fraction of sp³-hybridized carbons (Fsp3) is 0.370. The average Bonchev–Trinajstić information content (AvgIpc) is 3.12. The number of rotatable bonds is 11. The molecule has 0 saturated carbocycles. The molecule has 186 valence electrons. The highest BCUT2D eigenvalue weighted by Crippen LogP contribution is 2.35. The number of carbonyl (C=O) groups excluding carboxylic acids is 3. The number of amides is 2. The Morgan fingerprint density at radius 3 is 2.46 bits per heavy atom. The Morgan fingerprint density at radius 1 is 1.09 bits per heavy atom. The monoisotopic (exact) mass is 496 g/mol. The zero-order chi connectivity index (χ0) is 25.4. The number of ether oxygens (including phenoxy) is 2. The molecule has 1 saturated heterocycles. The summed E-state index contributed by atoms with van der Waals surface area (Å²) < 4.78 is 11.4. The minimum atomic E-state index is -0.599. The molecular weight excluding hydrogens is 464 g/mol. The third kappa shape index (κ3) is 6.88. The Hall–Kier alpha value is -3.26. The molecule has 0 radical (unpaired) electrons. The average molecular weight is 497 g/mol. The number of hydrogen-bond donors (Lipinski definition) is 0. The molecule has 8 heteroatoms. The number of nitrogens with zero attached hydrogens (tertiary/aromatic N) is 2. The smallest absolute Gasteiger partial charge is 0.326 e. The van der Waals surface area contributed by atoms with Crippen molar-refractivity contribution >= 4 is 40.6 Å². The first kappa shape index (κ1) is 26.3. The van der Waals surface area contributed by atoms with Crippen LogP contribution >= 0.6 is 11.8 Å². The Balaban J connectivity index is 1.85. The first-order chi connectivity index (χ1) is 16.9. The van der Waals surface area contributed by atoms with Crippen molar-refractivity contribution in [2.45, 2.75) is 46.8 Å². The SMILES string of the molecule is CC[C@@H](C)OC(=O)CN1C(=O)S/C(=C/c2ccc(N(CC)CC)cc2OCc2ccccc2)C1=O. The molecule has 0 aromatic heterocycles. The Kier molecular flexibility index (Phi) is 9.37. The summed E-state index contributed by atoms with van der Waals surface area (Å²) >= 11 is 0.811. The lowest BCUT2D eigenvalue weighted by Crippen LogP contribution is -2.35. The summed E-state index contributed by atoms with van der Waals surface area (Å²) in [7, 11) is 0. The Morgan fingerprint density at radius 2 is 1.80 bits per heavy atom. The molecule has 1 atom stereocenters. The van der Waals surface area contributed by atoms with Gasteiger partial charge < -0.3 is 14.4 Å². The summed E-state index contributed by atoms with van der Waals surface area (Å²) in [6, 6.07) is 15.6. The van der Waals surface area contributed by atoms with E-state index in [2.05, 4.69) is 18.7 Å². The topological polar surface area (TPSA) is 76.2 Å². The maximum atomic E-state index is 12.9. The lowest BCUT2D eigenvalue weighted by atomic mass is 10.1. The van der Waals surface area contributed by atoms with Gasteiger partial charge >= 0.3 is 5.97 Å². The van der Waals surface area contributed by atoms with E-state index in [-0.39, 0.29) is 11.0 Å². The summed E-state index contributed by atoms with van der Waals surface area (Å²) in [6.45, 7) is 9.50. The maximum Gasteiger partial charge on any atom is 0.326 e. The fourth-order valence-electron chi connectivity index (χ4n) is 3.54. The third-order valence-corrected chi connectivity index (χ3v) is 6.63. The molecule has 2 aromatic rings. The molecular formula is C27H32N2O5S. The van der Waals surface area contributed by atoms with Crippen LogP contribution in [-0.2, 0) is 20.9 Å². The van der Waals surface area contributed by atoms with Gasteiger partial charge in [0, 0.05) is 30.4 Å². The second-order valence-corrected chi connectivity index (χ2v) is 9.14. The van der Waals surface area contributed by atoms with Crippen LogP contribution in [0.4, 0.5) is 10.5 Å². The number of benzene rings is 2. The van der Waals surface area contributed by atoms with Crippen LogP contribution in [0, 0.1) is 0 Å². The molecule has 0 spiro atoms. The van der Waals surface area contributed by atoms with E-state index in [0.29, 0.717) is 24.3 Å². The largest absolute Gasteiger partial charge is 0.488 e. The van der Waals surface area contributed by atoms with Gasteiger partial charge in [-0.3, -0.25) is 19.3 Å².